The van der Waals surface area contributed by atoms with Crippen LogP contribution in [0.3, 0.4) is 0 Å². The first-order valence-electron chi connectivity index (χ1n) is 8.25. The molecular weight excluding hydrogens is 312 g/mol. The molecule has 1 atom stereocenters. The molecule has 0 unspecified atom stereocenters. The lowest BCUT2D eigenvalue weighted by Gasteiger charge is -2.30. The zero-order valence-electron chi connectivity index (χ0n) is 13.6. The van der Waals surface area contributed by atoms with Gasteiger partial charge >= 0.3 is 6.03 Å². The third-order valence-electron chi connectivity index (χ3n) is 4.64. The minimum absolute atomic E-state index is 0.0358. The summed E-state index contributed by atoms with van der Waals surface area (Å²) in [4.78, 5) is 36.7. The minimum atomic E-state index is -0.836. The van der Waals surface area contributed by atoms with Gasteiger partial charge < -0.3 is 9.73 Å². The highest BCUT2D eigenvalue weighted by Crippen LogP contribution is 2.32. The molecule has 1 aliphatic heterocycles. The summed E-state index contributed by atoms with van der Waals surface area (Å²) in [5, 5.41) is 6.55. The number of furan rings is 1. The number of hydrogen-bond donors (Lipinski definition) is 3. The number of carbonyl (C=O) groups excluding carboxylic acids is 3. The molecule has 8 nitrogen and oxygen atoms in total. The van der Waals surface area contributed by atoms with Gasteiger partial charge in [0.15, 0.2) is 0 Å². The van der Waals surface area contributed by atoms with E-state index in [1.54, 1.807) is 18.4 Å². The highest BCUT2D eigenvalue weighted by atomic mass is 16.3. The second kappa shape index (κ2) is 6.64. The predicted octanol–water partition coefficient (Wildman–Crippen LogP) is 1.22. The molecule has 0 aromatic carbocycles. The Balaban J connectivity index is 1.54. The topological polar surface area (TPSA) is 104 Å². The normalized spacial score (nSPS) is 21.0. The Morgan fingerprint density at radius 3 is 2.79 bits per heavy atom. The molecule has 2 aliphatic rings. The van der Waals surface area contributed by atoms with E-state index in [9.17, 15) is 14.4 Å². The third kappa shape index (κ3) is 3.14. The maximum Gasteiger partial charge on any atom is 0.344 e. The van der Waals surface area contributed by atoms with Gasteiger partial charge in [-0.25, -0.2) is 4.79 Å². The average molecular weight is 334 g/mol. The standard InChI is InChI=1S/C16H22N4O4/c1-11(12-6-5-9-24-12)17-10-13(21)19-20-14(22)16(18-15(20)23)7-3-2-4-8-16/h5-6,9,11,17H,2-4,7-8,10H2,1H3,(H,18,23)(H,19,21)/t11-/m1/s1. The second-order valence-electron chi connectivity index (χ2n) is 6.37. The summed E-state index contributed by atoms with van der Waals surface area (Å²) in [7, 11) is 0. The molecule has 1 spiro atoms. The molecule has 8 heteroatoms. The molecule has 2 heterocycles. The van der Waals surface area contributed by atoms with Gasteiger partial charge in [-0.3, -0.25) is 20.3 Å². The van der Waals surface area contributed by atoms with Crippen LogP contribution in [-0.2, 0) is 9.59 Å². The Morgan fingerprint density at radius 1 is 1.38 bits per heavy atom. The molecular formula is C16H22N4O4. The number of nitrogens with zero attached hydrogens (tertiary/aromatic N) is 1. The Labute approximate surface area is 139 Å². The Bertz CT molecular complexity index is 622. The maximum absolute atomic E-state index is 12.5. The van der Waals surface area contributed by atoms with Gasteiger partial charge in [-0.1, -0.05) is 19.3 Å². The molecule has 1 aliphatic carbocycles. The van der Waals surface area contributed by atoms with Crippen LogP contribution in [0.25, 0.3) is 0 Å². The van der Waals surface area contributed by atoms with E-state index in [1.165, 1.54) is 0 Å². The summed E-state index contributed by atoms with van der Waals surface area (Å²) >= 11 is 0. The molecule has 1 aromatic heterocycles. The van der Waals surface area contributed by atoms with Gasteiger partial charge in [0.25, 0.3) is 11.8 Å². The minimum Gasteiger partial charge on any atom is -0.468 e. The molecule has 24 heavy (non-hydrogen) atoms. The summed E-state index contributed by atoms with van der Waals surface area (Å²) in [6.07, 6.45) is 5.66. The third-order valence-corrected chi connectivity index (χ3v) is 4.64. The van der Waals surface area contributed by atoms with Crippen molar-refractivity contribution in [2.75, 3.05) is 6.54 Å². The number of hydrogen-bond acceptors (Lipinski definition) is 5. The van der Waals surface area contributed by atoms with Gasteiger partial charge in [0, 0.05) is 0 Å². The summed E-state index contributed by atoms with van der Waals surface area (Å²) < 4.78 is 5.25. The molecule has 1 saturated carbocycles. The summed E-state index contributed by atoms with van der Waals surface area (Å²) in [6, 6.07) is 2.86. The smallest absolute Gasteiger partial charge is 0.344 e. The van der Waals surface area contributed by atoms with Crippen molar-refractivity contribution >= 4 is 17.8 Å². The van der Waals surface area contributed by atoms with E-state index in [0.29, 0.717) is 18.6 Å². The quantitative estimate of drug-likeness (QED) is 0.702. The van der Waals surface area contributed by atoms with Crippen LogP contribution in [0.15, 0.2) is 22.8 Å². The molecule has 130 valence electrons. The van der Waals surface area contributed by atoms with Crippen LogP contribution in [0.4, 0.5) is 4.79 Å². The molecule has 3 rings (SSSR count). The first-order chi connectivity index (χ1) is 11.5. The monoisotopic (exact) mass is 334 g/mol. The second-order valence-corrected chi connectivity index (χ2v) is 6.37. The van der Waals surface area contributed by atoms with Crippen molar-refractivity contribution in [1.82, 2.24) is 21.1 Å². The van der Waals surface area contributed by atoms with Crippen molar-refractivity contribution in [3.63, 3.8) is 0 Å². The number of rotatable bonds is 5. The Kier molecular flexibility index (Phi) is 4.57. The summed E-state index contributed by atoms with van der Waals surface area (Å²) in [6.45, 7) is 1.82. The van der Waals surface area contributed by atoms with Crippen LogP contribution in [0, 0.1) is 0 Å². The number of urea groups is 1. The van der Waals surface area contributed by atoms with E-state index in [1.807, 2.05) is 6.92 Å². The zero-order chi connectivity index (χ0) is 17.2. The zero-order valence-corrected chi connectivity index (χ0v) is 13.6. The molecule has 1 saturated heterocycles. The Morgan fingerprint density at radius 2 is 2.12 bits per heavy atom. The highest BCUT2D eigenvalue weighted by molar-refractivity contribution is 6.08. The molecule has 3 N–H and O–H groups in total. The van der Waals surface area contributed by atoms with Gasteiger partial charge in [0.1, 0.15) is 11.3 Å². The molecule has 1 aromatic rings. The highest BCUT2D eigenvalue weighted by Gasteiger charge is 2.52. The summed E-state index contributed by atoms with van der Waals surface area (Å²) in [5.41, 5.74) is 1.55. The SMILES string of the molecule is C[C@@H](NCC(=O)NN1C(=O)NC2(CCCCC2)C1=O)c1ccco1. The van der Waals surface area contributed by atoms with Gasteiger partial charge in [-0.15, -0.1) is 0 Å². The Hall–Kier alpha value is -2.35. The number of hydrazine groups is 1. The van der Waals surface area contributed by atoms with Crippen molar-refractivity contribution in [3.05, 3.63) is 24.2 Å². The van der Waals surface area contributed by atoms with Crippen molar-refractivity contribution in [1.29, 1.82) is 0 Å². The van der Waals surface area contributed by atoms with Gasteiger partial charge in [0.2, 0.25) is 0 Å². The molecule has 4 amide bonds. The number of imide groups is 1. The van der Waals surface area contributed by atoms with Crippen LogP contribution < -0.4 is 16.1 Å². The van der Waals surface area contributed by atoms with E-state index < -0.39 is 17.5 Å². The van der Waals surface area contributed by atoms with E-state index in [-0.39, 0.29) is 18.5 Å². The van der Waals surface area contributed by atoms with E-state index in [2.05, 4.69) is 16.1 Å². The number of amides is 4. The first kappa shape index (κ1) is 16.5. The van der Waals surface area contributed by atoms with Crippen molar-refractivity contribution in [2.24, 2.45) is 0 Å². The fourth-order valence-corrected chi connectivity index (χ4v) is 3.26. The summed E-state index contributed by atoms with van der Waals surface area (Å²) in [5.74, 6) is -0.108. The molecule has 0 bridgehead atoms. The van der Waals surface area contributed by atoms with Gasteiger partial charge in [-0.2, -0.15) is 5.01 Å². The fourth-order valence-electron chi connectivity index (χ4n) is 3.26. The van der Waals surface area contributed by atoms with E-state index in [4.69, 9.17) is 4.42 Å². The fraction of sp³-hybridized carbons (Fsp3) is 0.562. The van der Waals surface area contributed by atoms with Crippen molar-refractivity contribution in [3.8, 4) is 0 Å². The lowest BCUT2D eigenvalue weighted by Crippen LogP contribution is -2.52. The van der Waals surface area contributed by atoms with E-state index >= 15 is 0 Å². The van der Waals surface area contributed by atoms with Crippen LogP contribution in [0.1, 0.15) is 50.8 Å². The van der Waals surface area contributed by atoms with Crippen LogP contribution in [0.5, 0.6) is 0 Å². The van der Waals surface area contributed by atoms with Crippen molar-refractivity contribution < 1.29 is 18.8 Å². The van der Waals surface area contributed by atoms with Crippen molar-refractivity contribution in [2.45, 2.75) is 50.6 Å². The lowest BCUT2D eigenvalue weighted by atomic mass is 9.82. The van der Waals surface area contributed by atoms with Crippen LogP contribution in [-0.4, -0.2) is 34.9 Å². The van der Waals surface area contributed by atoms with E-state index in [0.717, 1.165) is 24.3 Å². The van der Waals surface area contributed by atoms with Crippen LogP contribution >= 0.6 is 0 Å². The maximum atomic E-state index is 12.5. The van der Waals surface area contributed by atoms with Gasteiger partial charge in [-0.05, 0) is 31.9 Å². The van der Waals surface area contributed by atoms with Gasteiger partial charge in [0.05, 0.1) is 18.8 Å². The average Bonchev–Trinajstić information content (AvgIpc) is 3.18. The first-order valence-corrected chi connectivity index (χ1v) is 8.25. The number of nitrogens with one attached hydrogen (secondary N) is 3. The molecule has 2 fully saturated rings. The predicted molar refractivity (Wildman–Crippen MR) is 84.5 cm³/mol. The molecule has 0 radical (unpaired) electrons. The van der Waals surface area contributed by atoms with Crippen LogP contribution in [0.2, 0.25) is 0 Å². The lowest BCUT2D eigenvalue weighted by molar-refractivity contribution is -0.139. The largest absolute Gasteiger partial charge is 0.468 e. The number of carbonyl (C=O) groups is 3.